The number of carbonyl (C=O) groups is 2. The Morgan fingerprint density at radius 3 is 2.83 bits per heavy atom. The molecule has 0 radical (unpaired) electrons. The molecular weight excluding hydrogens is 160 g/mol. The summed E-state index contributed by atoms with van der Waals surface area (Å²) >= 11 is 0. The molecular formula is C8H12O4. The van der Waals surface area contributed by atoms with Crippen molar-refractivity contribution in [3.63, 3.8) is 0 Å². The summed E-state index contributed by atoms with van der Waals surface area (Å²) in [6, 6.07) is 0. The summed E-state index contributed by atoms with van der Waals surface area (Å²) < 4.78 is 9.98. The minimum absolute atomic E-state index is 0.0369. The van der Waals surface area contributed by atoms with Crippen molar-refractivity contribution < 1.29 is 19.1 Å². The number of ether oxygens (including phenoxy) is 2. The minimum Gasteiger partial charge on any atom is -0.355 e. The molecule has 1 fully saturated rings. The molecule has 2 unspecified atom stereocenters. The highest BCUT2D eigenvalue weighted by atomic mass is 16.7. The highest BCUT2D eigenvalue weighted by Crippen LogP contribution is 2.19. The van der Waals surface area contributed by atoms with Gasteiger partial charge in [0.25, 0.3) is 0 Å². The molecule has 1 aliphatic rings. The van der Waals surface area contributed by atoms with Gasteiger partial charge in [0, 0.05) is 13.5 Å². The zero-order valence-corrected chi connectivity index (χ0v) is 7.20. The van der Waals surface area contributed by atoms with Gasteiger partial charge in [-0.05, 0) is 6.92 Å². The molecule has 4 nitrogen and oxygen atoms in total. The molecule has 68 valence electrons. The Labute approximate surface area is 70.8 Å². The highest BCUT2D eigenvalue weighted by Gasteiger charge is 2.33. The first-order valence-electron chi connectivity index (χ1n) is 3.84. The van der Waals surface area contributed by atoms with E-state index in [4.69, 9.17) is 9.47 Å². The van der Waals surface area contributed by atoms with Gasteiger partial charge in [0.2, 0.25) is 0 Å². The number of Topliss-reactive ketones (excluding diaryl/α,β-unsaturated/α-hetero) is 2. The van der Waals surface area contributed by atoms with Crippen LogP contribution in [-0.2, 0) is 19.1 Å². The van der Waals surface area contributed by atoms with E-state index in [1.165, 1.54) is 14.0 Å². The Morgan fingerprint density at radius 1 is 1.75 bits per heavy atom. The van der Waals surface area contributed by atoms with Crippen LogP contribution in [0.5, 0.6) is 0 Å². The van der Waals surface area contributed by atoms with Crippen LogP contribution in [-0.4, -0.2) is 31.1 Å². The van der Waals surface area contributed by atoms with Gasteiger partial charge >= 0.3 is 0 Å². The van der Waals surface area contributed by atoms with Gasteiger partial charge in [0.05, 0.1) is 6.42 Å². The van der Waals surface area contributed by atoms with Crippen LogP contribution in [0.15, 0.2) is 0 Å². The van der Waals surface area contributed by atoms with Crippen molar-refractivity contribution in [1.82, 2.24) is 0 Å². The van der Waals surface area contributed by atoms with Gasteiger partial charge in [-0.25, -0.2) is 0 Å². The van der Waals surface area contributed by atoms with E-state index in [0.717, 1.165) is 0 Å². The first-order valence-corrected chi connectivity index (χ1v) is 3.84. The lowest BCUT2D eigenvalue weighted by Crippen LogP contribution is -2.19. The average Bonchev–Trinajstić information content (AvgIpc) is 2.31. The van der Waals surface area contributed by atoms with E-state index in [1.807, 2.05) is 0 Å². The normalized spacial score (nSPS) is 29.3. The molecule has 12 heavy (non-hydrogen) atoms. The fourth-order valence-corrected chi connectivity index (χ4v) is 1.16. The van der Waals surface area contributed by atoms with E-state index in [2.05, 4.69) is 0 Å². The van der Waals surface area contributed by atoms with Gasteiger partial charge in [-0.15, -0.1) is 0 Å². The highest BCUT2D eigenvalue weighted by molar-refractivity contribution is 5.90. The van der Waals surface area contributed by atoms with Crippen LogP contribution in [0, 0.1) is 0 Å². The molecule has 0 aromatic heterocycles. The van der Waals surface area contributed by atoms with E-state index in [9.17, 15) is 9.59 Å². The summed E-state index contributed by atoms with van der Waals surface area (Å²) in [4.78, 5) is 21.8. The number of carbonyl (C=O) groups excluding carboxylic acids is 2. The second kappa shape index (κ2) is 3.78. The van der Waals surface area contributed by atoms with Crippen LogP contribution in [0.4, 0.5) is 0 Å². The smallest absolute Gasteiger partial charge is 0.167 e. The summed E-state index contributed by atoms with van der Waals surface area (Å²) in [6.45, 7) is 1.44. The summed E-state index contributed by atoms with van der Waals surface area (Å²) in [7, 11) is 1.48. The van der Waals surface area contributed by atoms with Crippen molar-refractivity contribution in [3.8, 4) is 0 Å². The largest absolute Gasteiger partial charge is 0.355 e. The summed E-state index contributed by atoms with van der Waals surface area (Å²) in [5.41, 5.74) is 0. The molecule has 4 heteroatoms. The van der Waals surface area contributed by atoms with Crippen LogP contribution < -0.4 is 0 Å². The Morgan fingerprint density at radius 2 is 2.42 bits per heavy atom. The zero-order chi connectivity index (χ0) is 9.14. The van der Waals surface area contributed by atoms with Crippen LogP contribution in [0.3, 0.4) is 0 Å². The third kappa shape index (κ3) is 2.12. The van der Waals surface area contributed by atoms with Crippen LogP contribution in [0.1, 0.15) is 19.8 Å². The van der Waals surface area contributed by atoms with Gasteiger partial charge in [0.1, 0.15) is 11.9 Å². The van der Waals surface area contributed by atoms with Gasteiger partial charge in [-0.2, -0.15) is 0 Å². The first kappa shape index (κ1) is 9.35. The molecule has 0 spiro atoms. The first-order chi connectivity index (χ1) is 5.63. The maximum Gasteiger partial charge on any atom is 0.167 e. The third-order valence-electron chi connectivity index (χ3n) is 1.78. The molecule has 1 heterocycles. The van der Waals surface area contributed by atoms with E-state index >= 15 is 0 Å². The molecule has 0 amide bonds. The van der Waals surface area contributed by atoms with Crippen molar-refractivity contribution in [3.05, 3.63) is 0 Å². The Kier molecular flexibility index (Phi) is 2.94. The Bertz CT molecular complexity index is 199. The van der Waals surface area contributed by atoms with E-state index in [-0.39, 0.29) is 24.4 Å². The predicted octanol–water partition coefficient (Wildman–Crippen LogP) is 0.296. The fraction of sp³-hybridized carbons (Fsp3) is 0.750. The molecule has 0 aromatic rings. The molecule has 0 aromatic carbocycles. The number of hydrogen-bond acceptors (Lipinski definition) is 4. The lowest BCUT2D eigenvalue weighted by atomic mass is 10.1. The topological polar surface area (TPSA) is 52.6 Å². The second-order valence-electron chi connectivity index (χ2n) is 2.87. The molecule has 1 saturated heterocycles. The lowest BCUT2D eigenvalue weighted by molar-refractivity contribution is -0.137. The molecule has 1 rings (SSSR count). The summed E-state index contributed by atoms with van der Waals surface area (Å²) in [5, 5.41) is 0. The standard InChI is InChI=1S/C8H12O4/c1-5(9)3-7-6(10)4-8(11-2)12-7/h7-8H,3-4H2,1-2H3. The zero-order valence-electron chi connectivity index (χ0n) is 7.20. The molecule has 0 bridgehead atoms. The molecule has 1 aliphatic heterocycles. The maximum atomic E-state index is 11.1. The lowest BCUT2D eigenvalue weighted by Gasteiger charge is -2.08. The molecule has 0 saturated carbocycles. The SMILES string of the molecule is COC1CC(=O)C(CC(C)=O)O1. The summed E-state index contributed by atoms with van der Waals surface area (Å²) in [5.74, 6) is -0.0813. The van der Waals surface area contributed by atoms with Crippen molar-refractivity contribution in [2.45, 2.75) is 32.2 Å². The summed E-state index contributed by atoms with van der Waals surface area (Å²) in [6.07, 6.45) is -0.609. The maximum absolute atomic E-state index is 11.1. The number of rotatable bonds is 3. The number of hydrogen-bond donors (Lipinski definition) is 0. The molecule has 0 N–H and O–H groups in total. The van der Waals surface area contributed by atoms with Crippen LogP contribution in [0.2, 0.25) is 0 Å². The predicted molar refractivity (Wildman–Crippen MR) is 40.6 cm³/mol. The van der Waals surface area contributed by atoms with Crippen molar-refractivity contribution >= 4 is 11.6 Å². The Balaban J connectivity index is 2.46. The Hall–Kier alpha value is -0.740. The van der Waals surface area contributed by atoms with E-state index in [0.29, 0.717) is 0 Å². The number of ketones is 2. The fourth-order valence-electron chi connectivity index (χ4n) is 1.16. The third-order valence-corrected chi connectivity index (χ3v) is 1.78. The van der Waals surface area contributed by atoms with E-state index in [1.54, 1.807) is 0 Å². The quantitative estimate of drug-likeness (QED) is 0.614. The van der Waals surface area contributed by atoms with Gasteiger partial charge < -0.3 is 9.47 Å². The van der Waals surface area contributed by atoms with Gasteiger partial charge in [-0.3, -0.25) is 9.59 Å². The molecule has 0 aliphatic carbocycles. The number of methoxy groups -OCH3 is 1. The van der Waals surface area contributed by atoms with Gasteiger partial charge in [0.15, 0.2) is 12.1 Å². The van der Waals surface area contributed by atoms with Crippen molar-refractivity contribution in [1.29, 1.82) is 0 Å². The van der Waals surface area contributed by atoms with E-state index < -0.39 is 12.4 Å². The average molecular weight is 172 g/mol. The van der Waals surface area contributed by atoms with Crippen LogP contribution >= 0.6 is 0 Å². The van der Waals surface area contributed by atoms with Crippen molar-refractivity contribution in [2.75, 3.05) is 7.11 Å². The van der Waals surface area contributed by atoms with Crippen molar-refractivity contribution in [2.24, 2.45) is 0 Å². The second-order valence-corrected chi connectivity index (χ2v) is 2.87. The molecule has 2 atom stereocenters. The minimum atomic E-state index is -0.576. The monoisotopic (exact) mass is 172 g/mol. The van der Waals surface area contributed by atoms with Gasteiger partial charge in [-0.1, -0.05) is 0 Å². The van der Waals surface area contributed by atoms with Crippen LogP contribution in [0.25, 0.3) is 0 Å².